The highest BCUT2D eigenvalue weighted by Crippen LogP contribution is 2.17. The number of nitrogens with zero attached hydrogens (tertiary/aromatic N) is 1. The van der Waals surface area contributed by atoms with Crippen molar-refractivity contribution in [3.63, 3.8) is 0 Å². The van der Waals surface area contributed by atoms with Crippen LogP contribution in [0.1, 0.15) is 24.2 Å². The third-order valence-electron chi connectivity index (χ3n) is 3.76. The first kappa shape index (κ1) is 18.5. The fraction of sp³-hybridized carbons (Fsp3) is 0.300. The molecule has 0 saturated carbocycles. The summed E-state index contributed by atoms with van der Waals surface area (Å²) in [6.45, 7) is 3.69. The molecule has 0 spiro atoms. The number of anilines is 2. The molecule has 0 aliphatic rings. The van der Waals surface area contributed by atoms with Crippen LogP contribution in [0.3, 0.4) is 0 Å². The summed E-state index contributed by atoms with van der Waals surface area (Å²) < 4.78 is 5.47. The molecule has 2 aromatic rings. The van der Waals surface area contributed by atoms with Crippen molar-refractivity contribution >= 4 is 23.3 Å². The zero-order valence-electron chi connectivity index (χ0n) is 15.0. The number of amides is 1. The summed E-state index contributed by atoms with van der Waals surface area (Å²) in [5, 5.41) is 2.78. The Morgan fingerprint density at radius 3 is 2.08 bits per heavy atom. The van der Waals surface area contributed by atoms with Crippen LogP contribution in [0.4, 0.5) is 11.4 Å². The summed E-state index contributed by atoms with van der Waals surface area (Å²) >= 11 is 0. The fourth-order valence-electron chi connectivity index (χ4n) is 2.31. The molecule has 1 N–H and O–H groups in total. The van der Waals surface area contributed by atoms with Crippen molar-refractivity contribution in [3.05, 3.63) is 60.2 Å². The van der Waals surface area contributed by atoms with E-state index in [2.05, 4.69) is 5.32 Å². The van der Waals surface area contributed by atoms with Gasteiger partial charge in [-0.15, -0.1) is 0 Å². The zero-order chi connectivity index (χ0) is 18.4. The second-order valence-electron chi connectivity index (χ2n) is 6.37. The molecule has 0 aromatic heterocycles. The van der Waals surface area contributed by atoms with Gasteiger partial charge in [0.25, 0.3) is 5.91 Å². The quantitative estimate of drug-likeness (QED) is 0.817. The van der Waals surface area contributed by atoms with Crippen molar-refractivity contribution in [3.8, 4) is 0 Å². The normalized spacial score (nSPS) is 11.7. The molecule has 0 bridgehead atoms. The average molecular weight is 340 g/mol. The largest absolute Gasteiger partial charge is 0.448 e. The lowest BCUT2D eigenvalue weighted by molar-refractivity contribution is -0.126. The van der Waals surface area contributed by atoms with Crippen molar-refractivity contribution in [1.29, 1.82) is 0 Å². The van der Waals surface area contributed by atoms with Crippen molar-refractivity contribution in [1.82, 2.24) is 0 Å². The highest BCUT2D eigenvalue weighted by Gasteiger charge is 2.27. The molecule has 2 rings (SSSR count). The second kappa shape index (κ2) is 8.33. The smallest absolute Gasteiger partial charge is 0.338 e. The summed E-state index contributed by atoms with van der Waals surface area (Å²) in [7, 11) is 3.85. The van der Waals surface area contributed by atoms with E-state index in [0.717, 1.165) is 5.69 Å². The number of carbonyl (C=O) groups excluding carboxylic acids is 2. The minimum atomic E-state index is -0.860. The Morgan fingerprint density at radius 1 is 0.960 bits per heavy atom. The third kappa shape index (κ3) is 5.08. The molecule has 5 nitrogen and oxygen atoms in total. The maximum absolute atomic E-state index is 12.5. The van der Waals surface area contributed by atoms with Crippen LogP contribution in [0.5, 0.6) is 0 Å². The maximum atomic E-state index is 12.5. The fourth-order valence-corrected chi connectivity index (χ4v) is 2.31. The zero-order valence-corrected chi connectivity index (χ0v) is 15.0. The van der Waals surface area contributed by atoms with Gasteiger partial charge in [0, 0.05) is 25.5 Å². The number of esters is 1. The monoisotopic (exact) mass is 340 g/mol. The minimum Gasteiger partial charge on any atom is -0.448 e. The van der Waals surface area contributed by atoms with E-state index in [0.29, 0.717) is 11.3 Å². The van der Waals surface area contributed by atoms with Gasteiger partial charge < -0.3 is 15.0 Å². The summed E-state index contributed by atoms with van der Waals surface area (Å²) in [5.41, 5.74) is 2.08. The Kier molecular flexibility index (Phi) is 6.17. The van der Waals surface area contributed by atoms with E-state index in [9.17, 15) is 9.59 Å². The lowest BCUT2D eigenvalue weighted by Crippen LogP contribution is -2.36. The van der Waals surface area contributed by atoms with Crippen LogP contribution in [-0.4, -0.2) is 32.1 Å². The van der Waals surface area contributed by atoms with Gasteiger partial charge in [0.05, 0.1) is 5.56 Å². The molecule has 0 heterocycles. The van der Waals surface area contributed by atoms with Gasteiger partial charge in [0.15, 0.2) is 6.10 Å². The molecule has 2 aromatic carbocycles. The number of benzene rings is 2. The van der Waals surface area contributed by atoms with E-state index >= 15 is 0 Å². The van der Waals surface area contributed by atoms with Crippen LogP contribution < -0.4 is 10.2 Å². The van der Waals surface area contributed by atoms with Gasteiger partial charge >= 0.3 is 5.97 Å². The predicted molar refractivity (Wildman–Crippen MR) is 99.9 cm³/mol. The van der Waals surface area contributed by atoms with E-state index in [1.807, 2.05) is 63.2 Å². The summed E-state index contributed by atoms with van der Waals surface area (Å²) in [4.78, 5) is 26.8. The molecular weight excluding hydrogens is 316 g/mol. The van der Waals surface area contributed by atoms with E-state index < -0.39 is 12.1 Å². The van der Waals surface area contributed by atoms with E-state index in [1.165, 1.54) is 0 Å². The first-order valence-corrected chi connectivity index (χ1v) is 8.22. The van der Waals surface area contributed by atoms with Crippen LogP contribution in [0.15, 0.2) is 54.6 Å². The lowest BCUT2D eigenvalue weighted by atomic mass is 10.1. The van der Waals surface area contributed by atoms with Gasteiger partial charge in [0.1, 0.15) is 0 Å². The molecular formula is C20H24N2O3. The number of para-hydroxylation sites is 1. The molecule has 5 heteroatoms. The van der Waals surface area contributed by atoms with Crippen molar-refractivity contribution < 1.29 is 14.3 Å². The molecule has 0 radical (unpaired) electrons. The van der Waals surface area contributed by atoms with Crippen LogP contribution >= 0.6 is 0 Å². The van der Waals surface area contributed by atoms with Crippen molar-refractivity contribution in [2.24, 2.45) is 5.92 Å². The van der Waals surface area contributed by atoms with E-state index in [4.69, 9.17) is 4.74 Å². The Morgan fingerprint density at radius 2 is 1.56 bits per heavy atom. The van der Waals surface area contributed by atoms with Gasteiger partial charge in [-0.1, -0.05) is 32.0 Å². The lowest BCUT2D eigenvalue weighted by Gasteiger charge is -2.21. The maximum Gasteiger partial charge on any atom is 0.338 e. The molecule has 0 unspecified atom stereocenters. The molecule has 0 aliphatic carbocycles. The summed E-state index contributed by atoms with van der Waals surface area (Å²) in [6, 6.07) is 16.2. The molecule has 1 amide bonds. The number of carbonyl (C=O) groups is 2. The van der Waals surface area contributed by atoms with Gasteiger partial charge in [-0.2, -0.15) is 0 Å². The minimum absolute atomic E-state index is 0.145. The first-order valence-electron chi connectivity index (χ1n) is 8.22. The predicted octanol–water partition coefficient (Wildman–Crippen LogP) is 3.57. The topological polar surface area (TPSA) is 58.6 Å². The van der Waals surface area contributed by atoms with Crippen LogP contribution in [0.25, 0.3) is 0 Å². The molecule has 0 fully saturated rings. The van der Waals surface area contributed by atoms with Crippen molar-refractivity contribution in [2.45, 2.75) is 20.0 Å². The Bertz CT molecular complexity index is 709. The highest BCUT2D eigenvalue weighted by atomic mass is 16.5. The number of ether oxygens (including phenoxy) is 1. The SMILES string of the molecule is CC(C)[C@H](OC(=O)c1ccc(N(C)C)cc1)C(=O)Nc1ccccc1. The third-order valence-corrected chi connectivity index (χ3v) is 3.76. The van der Waals surface area contributed by atoms with Gasteiger partial charge in [0.2, 0.25) is 0 Å². The standard InChI is InChI=1S/C20H24N2O3/c1-14(2)18(19(23)21-16-8-6-5-7-9-16)25-20(24)15-10-12-17(13-11-15)22(3)4/h5-14,18H,1-4H3,(H,21,23)/t18-/m0/s1. The van der Waals surface area contributed by atoms with Crippen LogP contribution in [-0.2, 0) is 9.53 Å². The highest BCUT2D eigenvalue weighted by molar-refractivity contribution is 5.97. The van der Waals surface area contributed by atoms with Gasteiger partial charge in [-0.25, -0.2) is 4.79 Å². The Balaban J connectivity index is 2.07. The molecule has 25 heavy (non-hydrogen) atoms. The molecule has 1 atom stereocenters. The van der Waals surface area contributed by atoms with E-state index in [1.54, 1.807) is 24.3 Å². The van der Waals surface area contributed by atoms with Crippen LogP contribution in [0.2, 0.25) is 0 Å². The Labute approximate surface area is 148 Å². The number of hydrogen-bond acceptors (Lipinski definition) is 4. The average Bonchev–Trinajstić information content (AvgIpc) is 2.60. The van der Waals surface area contributed by atoms with E-state index in [-0.39, 0.29) is 11.8 Å². The first-order chi connectivity index (χ1) is 11.9. The van der Waals surface area contributed by atoms with Gasteiger partial charge in [-0.05, 0) is 42.3 Å². The van der Waals surface area contributed by atoms with Gasteiger partial charge in [-0.3, -0.25) is 4.79 Å². The second-order valence-corrected chi connectivity index (χ2v) is 6.37. The summed E-state index contributed by atoms with van der Waals surface area (Å²) in [5.74, 6) is -0.986. The van der Waals surface area contributed by atoms with Crippen LogP contribution in [0, 0.1) is 5.92 Å². The number of rotatable bonds is 6. The molecule has 0 saturated heterocycles. The number of nitrogens with one attached hydrogen (secondary N) is 1. The molecule has 132 valence electrons. The van der Waals surface area contributed by atoms with Crippen molar-refractivity contribution in [2.75, 3.05) is 24.3 Å². The Hall–Kier alpha value is -2.82. The number of hydrogen-bond donors (Lipinski definition) is 1. The molecule has 0 aliphatic heterocycles. The summed E-state index contributed by atoms with van der Waals surface area (Å²) in [6.07, 6.45) is -0.860.